The monoisotopic (exact) mass is 440 g/mol. The lowest BCUT2D eigenvalue weighted by atomic mass is 10.0. The highest BCUT2D eigenvalue weighted by Crippen LogP contribution is 2.27. The zero-order valence-electron chi connectivity index (χ0n) is 17.2. The number of hydrogen-bond donors (Lipinski definition) is 1. The Morgan fingerprint density at radius 2 is 1.77 bits per heavy atom. The minimum Gasteiger partial charge on any atom is -0.453 e. The van der Waals surface area contributed by atoms with Gasteiger partial charge in [0.05, 0.1) is 4.90 Å². The molecule has 162 valence electrons. The Labute approximate surface area is 181 Å². The van der Waals surface area contributed by atoms with Gasteiger partial charge in [-0.3, -0.25) is 9.59 Å². The van der Waals surface area contributed by atoms with Gasteiger partial charge < -0.3 is 9.72 Å². The summed E-state index contributed by atoms with van der Waals surface area (Å²) in [6, 6.07) is 14.5. The number of rotatable bonds is 6. The number of sulfonamides is 1. The molecule has 1 aliphatic heterocycles. The predicted molar refractivity (Wildman–Crippen MR) is 116 cm³/mol. The van der Waals surface area contributed by atoms with Crippen LogP contribution < -0.4 is 0 Å². The molecule has 1 aliphatic rings. The highest BCUT2D eigenvalue weighted by Gasteiger charge is 2.39. The first kappa shape index (κ1) is 21.3. The van der Waals surface area contributed by atoms with Gasteiger partial charge in [-0.25, -0.2) is 8.42 Å². The largest absolute Gasteiger partial charge is 0.453 e. The van der Waals surface area contributed by atoms with Gasteiger partial charge in [-0.1, -0.05) is 36.4 Å². The standard InChI is InChI=1S/C23H24N2O5S/c1-16(22(26)19-15-24-20-12-6-5-11-18(19)20)30-23(27)21-13-7-8-14-25(21)31(28,29)17-9-3-2-4-10-17/h2-6,9-12,15-16,21,24H,7-8,13-14H2,1H3/t16-,21+/m0/s1. The van der Waals surface area contributed by atoms with E-state index in [0.29, 0.717) is 24.8 Å². The Hall–Kier alpha value is -2.97. The lowest BCUT2D eigenvalue weighted by Crippen LogP contribution is -2.49. The molecular weight excluding hydrogens is 416 g/mol. The van der Waals surface area contributed by atoms with Gasteiger partial charge in [0, 0.05) is 29.2 Å². The third kappa shape index (κ3) is 4.13. The summed E-state index contributed by atoms with van der Waals surface area (Å²) < 4.78 is 32.9. The van der Waals surface area contributed by atoms with Crippen molar-refractivity contribution in [3.05, 3.63) is 66.4 Å². The summed E-state index contributed by atoms with van der Waals surface area (Å²) in [4.78, 5) is 29.0. The van der Waals surface area contributed by atoms with E-state index in [1.54, 1.807) is 24.4 Å². The number of fused-ring (bicyclic) bond motifs is 1. The number of carbonyl (C=O) groups is 2. The molecule has 0 bridgehead atoms. The average molecular weight is 441 g/mol. The molecule has 3 aromatic rings. The number of nitrogens with one attached hydrogen (secondary N) is 1. The Kier molecular flexibility index (Phi) is 5.93. The highest BCUT2D eigenvalue weighted by atomic mass is 32.2. The molecule has 1 aromatic heterocycles. The van der Waals surface area contributed by atoms with Crippen LogP contribution in [0.25, 0.3) is 10.9 Å². The van der Waals surface area contributed by atoms with E-state index in [1.165, 1.54) is 23.4 Å². The topological polar surface area (TPSA) is 96.5 Å². The maximum absolute atomic E-state index is 13.1. The van der Waals surface area contributed by atoms with E-state index in [0.717, 1.165) is 10.9 Å². The molecule has 7 nitrogen and oxygen atoms in total. The summed E-state index contributed by atoms with van der Waals surface area (Å²) in [5, 5.41) is 0.751. The Morgan fingerprint density at radius 1 is 1.06 bits per heavy atom. The first-order chi connectivity index (χ1) is 14.9. The first-order valence-electron chi connectivity index (χ1n) is 10.3. The third-order valence-electron chi connectivity index (χ3n) is 5.59. The fraction of sp³-hybridized carbons (Fsp3) is 0.304. The molecule has 4 rings (SSSR count). The number of H-pyrrole nitrogens is 1. The molecule has 0 amide bonds. The molecule has 0 unspecified atom stereocenters. The van der Waals surface area contributed by atoms with Crippen molar-refractivity contribution in [2.45, 2.75) is 43.2 Å². The van der Waals surface area contributed by atoms with Gasteiger partial charge in [-0.05, 0) is 44.4 Å². The van der Waals surface area contributed by atoms with Crippen LogP contribution in [0.15, 0.2) is 65.7 Å². The molecule has 1 fully saturated rings. The summed E-state index contributed by atoms with van der Waals surface area (Å²) in [7, 11) is -3.84. The quantitative estimate of drug-likeness (QED) is 0.467. The normalized spacial score (nSPS) is 18.5. The molecule has 2 atom stereocenters. The molecule has 0 radical (unpaired) electrons. The van der Waals surface area contributed by atoms with Crippen LogP contribution in [0, 0.1) is 0 Å². The van der Waals surface area contributed by atoms with E-state index < -0.39 is 28.1 Å². The van der Waals surface area contributed by atoms with Gasteiger partial charge in [0.25, 0.3) is 0 Å². The molecule has 8 heteroatoms. The molecule has 0 saturated carbocycles. The van der Waals surface area contributed by atoms with Crippen LogP contribution in [-0.4, -0.2) is 48.2 Å². The number of aromatic nitrogens is 1. The van der Waals surface area contributed by atoms with Crippen LogP contribution in [0.1, 0.15) is 36.5 Å². The fourth-order valence-electron chi connectivity index (χ4n) is 3.96. The van der Waals surface area contributed by atoms with Crippen molar-refractivity contribution in [1.82, 2.24) is 9.29 Å². The number of ketones is 1. The first-order valence-corrected chi connectivity index (χ1v) is 11.7. The number of ether oxygens (including phenoxy) is 1. The lowest BCUT2D eigenvalue weighted by molar-refractivity contribution is -0.151. The minimum atomic E-state index is -3.84. The fourth-order valence-corrected chi connectivity index (χ4v) is 5.62. The van der Waals surface area contributed by atoms with E-state index >= 15 is 0 Å². The molecule has 1 N–H and O–H groups in total. The number of aromatic amines is 1. The van der Waals surface area contributed by atoms with Crippen molar-refractivity contribution in [2.75, 3.05) is 6.54 Å². The second kappa shape index (κ2) is 8.64. The number of piperidine rings is 1. The number of carbonyl (C=O) groups excluding carboxylic acids is 2. The van der Waals surface area contributed by atoms with Crippen molar-refractivity contribution >= 4 is 32.7 Å². The van der Waals surface area contributed by atoms with Crippen LogP contribution in [0.5, 0.6) is 0 Å². The second-order valence-electron chi connectivity index (χ2n) is 7.63. The number of hydrogen-bond acceptors (Lipinski definition) is 5. The predicted octanol–water partition coefficient (Wildman–Crippen LogP) is 3.53. The van der Waals surface area contributed by atoms with Gasteiger partial charge >= 0.3 is 5.97 Å². The number of esters is 1. The van der Waals surface area contributed by atoms with E-state index in [9.17, 15) is 18.0 Å². The summed E-state index contributed by atoms with van der Waals surface area (Å²) >= 11 is 0. The number of Topliss-reactive ketones (excluding diaryl/α,β-unsaturated/α-hetero) is 1. The molecule has 31 heavy (non-hydrogen) atoms. The minimum absolute atomic E-state index is 0.137. The second-order valence-corrected chi connectivity index (χ2v) is 9.52. The third-order valence-corrected chi connectivity index (χ3v) is 7.51. The van der Waals surface area contributed by atoms with E-state index in [1.807, 2.05) is 24.3 Å². The van der Waals surface area contributed by atoms with Crippen molar-refractivity contribution in [3.8, 4) is 0 Å². The van der Waals surface area contributed by atoms with Crippen molar-refractivity contribution in [1.29, 1.82) is 0 Å². The molecule has 2 aromatic carbocycles. The molecular formula is C23H24N2O5S. The molecule has 0 spiro atoms. The zero-order chi connectivity index (χ0) is 22.0. The van der Waals surface area contributed by atoms with Crippen molar-refractivity contribution < 1.29 is 22.7 Å². The summed E-state index contributed by atoms with van der Waals surface area (Å²) in [5.74, 6) is -1.03. The average Bonchev–Trinajstić information content (AvgIpc) is 3.23. The van der Waals surface area contributed by atoms with E-state index in [2.05, 4.69) is 4.98 Å². The van der Waals surface area contributed by atoms with Gasteiger partial charge in [-0.15, -0.1) is 0 Å². The van der Waals surface area contributed by atoms with Crippen LogP contribution in [0.3, 0.4) is 0 Å². The van der Waals surface area contributed by atoms with E-state index in [-0.39, 0.29) is 17.2 Å². The number of benzene rings is 2. The number of para-hydroxylation sites is 1. The summed E-state index contributed by atoms with van der Waals surface area (Å²) in [6.07, 6.45) is 2.31. The summed E-state index contributed by atoms with van der Waals surface area (Å²) in [5.41, 5.74) is 1.25. The van der Waals surface area contributed by atoms with Crippen LogP contribution >= 0.6 is 0 Å². The SMILES string of the molecule is C[C@H](OC(=O)[C@H]1CCCCN1S(=O)(=O)c1ccccc1)C(=O)c1c[nH]c2ccccc12. The summed E-state index contributed by atoms with van der Waals surface area (Å²) in [6.45, 7) is 1.75. The Balaban J connectivity index is 1.53. The van der Waals surface area contributed by atoms with Crippen molar-refractivity contribution in [3.63, 3.8) is 0 Å². The molecule has 0 aliphatic carbocycles. The molecule has 1 saturated heterocycles. The smallest absolute Gasteiger partial charge is 0.325 e. The van der Waals surface area contributed by atoms with Crippen LogP contribution in [0.4, 0.5) is 0 Å². The van der Waals surface area contributed by atoms with Crippen LogP contribution in [0.2, 0.25) is 0 Å². The van der Waals surface area contributed by atoms with Gasteiger partial charge in [0.1, 0.15) is 6.04 Å². The maximum atomic E-state index is 13.1. The van der Waals surface area contributed by atoms with E-state index in [4.69, 9.17) is 4.74 Å². The lowest BCUT2D eigenvalue weighted by Gasteiger charge is -2.33. The van der Waals surface area contributed by atoms with Crippen molar-refractivity contribution in [2.24, 2.45) is 0 Å². The molecule has 2 heterocycles. The maximum Gasteiger partial charge on any atom is 0.325 e. The zero-order valence-corrected chi connectivity index (χ0v) is 18.0. The van der Waals surface area contributed by atoms with Crippen LogP contribution in [-0.2, 0) is 19.6 Å². The number of nitrogens with zero attached hydrogens (tertiary/aromatic N) is 1. The highest BCUT2D eigenvalue weighted by molar-refractivity contribution is 7.89. The van der Waals surface area contributed by atoms with Gasteiger partial charge in [-0.2, -0.15) is 4.31 Å². The van der Waals surface area contributed by atoms with Gasteiger partial charge in [0.2, 0.25) is 15.8 Å². The van der Waals surface area contributed by atoms with Gasteiger partial charge in [0.15, 0.2) is 6.10 Å². The Morgan fingerprint density at radius 3 is 2.55 bits per heavy atom. The Bertz CT molecular complexity index is 1200.